The summed E-state index contributed by atoms with van der Waals surface area (Å²) in [6.45, 7) is 2.96. The first kappa shape index (κ1) is 14.0. The van der Waals surface area contributed by atoms with Gasteiger partial charge in [0.2, 0.25) is 0 Å². The highest BCUT2D eigenvalue weighted by Gasteiger charge is 2.61. The largest absolute Gasteiger partial charge is 0.499 e. The van der Waals surface area contributed by atoms with Gasteiger partial charge in [0.25, 0.3) is 0 Å². The summed E-state index contributed by atoms with van der Waals surface area (Å²) in [4.78, 5) is 0. The molecular formula is C10H8ClF5O. The second-order valence-electron chi connectivity index (χ2n) is 3.51. The lowest BCUT2D eigenvalue weighted by Gasteiger charge is -2.22. The summed E-state index contributed by atoms with van der Waals surface area (Å²) in [6.07, 6.45) is -11.1. The first-order valence-electron chi connectivity index (χ1n) is 4.45. The topological polar surface area (TPSA) is 9.23 Å². The molecule has 0 radical (unpaired) electrons. The molecule has 0 N–H and O–H groups in total. The van der Waals surface area contributed by atoms with Crippen molar-refractivity contribution in [3.63, 3.8) is 0 Å². The lowest BCUT2D eigenvalue weighted by molar-refractivity contribution is -0.360. The van der Waals surface area contributed by atoms with Gasteiger partial charge in [0.15, 0.2) is 0 Å². The molecule has 1 nitrogen and oxygen atoms in total. The molecule has 1 aromatic rings. The number of alkyl halides is 5. The molecule has 0 amide bonds. The summed E-state index contributed by atoms with van der Waals surface area (Å²) in [5, 5.41) is -0.286. The third kappa shape index (κ3) is 3.00. The summed E-state index contributed by atoms with van der Waals surface area (Å²) < 4.78 is 64.9. The number of aryl methyl sites for hydroxylation is 2. The molecule has 0 heterocycles. The van der Waals surface area contributed by atoms with Gasteiger partial charge in [-0.1, -0.05) is 17.7 Å². The van der Waals surface area contributed by atoms with Crippen LogP contribution < -0.4 is 4.74 Å². The van der Waals surface area contributed by atoms with Crippen molar-refractivity contribution in [2.45, 2.75) is 26.1 Å². The maximum atomic E-state index is 12.7. The van der Waals surface area contributed by atoms with Crippen LogP contribution in [0.15, 0.2) is 12.1 Å². The number of ether oxygens (including phenoxy) is 1. The highest BCUT2D eigenvalue weighted by Crippen LogP contribution is 2.40. The normalized spacial score (nSPS) is 12.7. The molecule has 0 saturated carbocycles. The molecular weight excluding hydrogens is 267 g/mol. The predicted molar refractivity (Wildman–Crippen MR) is 52.6 cm³/mol. The van der Waals surface area contributed by atoms with Crippen molar-refractivity contribution in [2.24, 2.45) is 0 Å². The quantitative estimate of drug-likeness (QED) is 0.722. The standard InChI is InChI=1S/C10H8ClF5O/c1-5-3-6(2)8(7(11)4-5)17-10(15,16)9(12,13)14/h3-4H,1-2H3. The van der Waals surface area contributed by atoms with Crippen molar-refractivity contribution in [2.75, 3.05) is 0 Å². The minimum Gasteiger partial charge on any atom is -0.424 e. The molecule has 0 fully saturated rings. The third-order valence-corrected chi connectivity index (χ3v) is 2.21. The van der Waals surface area contributed by atoms with Crippen LogP contribution in [0, 0.1) is 13.8 Å². The molecule has 0 aromatic heterocycles. The van der Waals surface area contributed by atoms with Crippen LogP contribution in [0.5, 0.6) is 5.75 Å². The lowest BCUT2D eigenvalue weighted by Crippen LogP contribution is -2.42. The van der Waals surface area contributed by atoms with Crippen molar-refractivity contribution >= 4 is 11.6 Å². The van der Waals surface area contributed by atoms with E-state index in [1.54, 1.807) is 6.92 Å². The third-order valence-electron chi connectivity index (χ3n) is 1.93. The lowest BCUT2D eigenvalue weighted by atomic mass is 10.1. The van der Waals surface area contributed by atoms with Crippen LogP contribution in [0.4, 0.5) is 22.0 Å². The number of hydrogen-bond acceptors (Lipinski definition) is 1. The number of hydrogen-bond donors (Lipinski definition) is 0. The van der Waals surface area contributed by atoms with Gasteiger partial charge in [-0.2, -0.15) is 22.0 Å². The first-order valence-corrected chi connectivity index (χ1v) is 4.82. The van der Waals surface area contributed by atoms with Crippen LogP contribution in [0.25, 0.3) is 0 Å². The van der Waals surface area contributed by atoms with E-state index in [4.69, 9.17) is 11.6 Å². The Morgan fingerprint density at radius 3 is 2.00 bits per heavy atom. The van der Waals surface area contributed by atoms with E-state index >= 15 is 0 Å². The van der Waals surface area contributed by atoms with E-state index in [-0.39, 0.29) is 10.6 Å². The highest BCUT2D eigenvalue weighted by molar-refractivity contribution is 6.32. The maximum Gasteiger partial charge on any atom is 0.499 e. The molecule has 7 heteroatoms. The SMILES string of the molecule is Cc1cc(C)c(OC(F)(F)C(F)(F)F)c(Cl)c1. The molecule has 0 aliphatic heterocycles. The fourth-order valence-electron chi connectivity index (χ4n) is 1.22. The van der Waals surface area contributed by atoms with E-state index in [0.717, 1.165) is 0 Å². The maximum absolute atomic E-state index is 12.7. The van der Waals surface area contributed by atoms with Crippen molar-refractivity contribution in [1.82, 2.24) is 0 Å². The first-order chi connectivity index (χ1) is 7.54. The Hall–Kier alpha value is -1.04. The van der Waals surface area contributed by atoms with Crippen molar-refractivity contribution in [1.29, 1.82) is 0 Å². The van der Waals surface area contributed by atoms with Gasteiger partial charge >= 0.3 is 12.3 Å². The molecule has 0 unspecified atom stereocenters. The van der Waals surface area contributed by atoms with Gasteiger partial charge in [-0.25, -0.2) is 0 Å². The zero-order valence-electron chi connectivity index (χ0n) is 8.83. The molecule has 0 aliphatic carbocycles. The molecule has 0 spiro atoms. The van der Waals surface area contributed by atoms with Crippen LogP contribution in [0.3, 0.4) is 0 Å². The van der Waals surface area contributed by atoms with Crippen molar-refractivity contribution < 1.29 is 26.7 Å². The Morgan fingerprint density at radius 2 is 1.59 bits per heavy atom. The Balaban J connectivity index is 3.13. The Kier molecular flexibility index (Phi) is 3.57. The second-order valence-corrected chi connectivity index (χ2v) is 3.92. The minimum atomic E-state index is -5.78. The smallest absolute Gasteiger partial charge is 0.424 e. The van der Waals surface area contributed by atoms with E-state index in [1.807, 2.05) is 0 Å². The summed E-state index contributed by atoms with van der Waals surface area (Å²) in [5.74, 6) is -0.667. The zero-order valence-corrected chi connectivity index (χ0v) is 9.59. The Bertz CT molecular complexity index is 404. The Labute approximate surface area is 99.1 Å². The number of rotatable bonds is 2. The number of halogens is 6. The van der Waals surface area contributed by atoms with Gasteiger partial charge in [-0.05, 0) is 31.0 Å². The van der Waals surface area contributed by atoms with E-state index in [0.29, 0.717) is 5.56 Å². The zero-order chi connectivity index (χ0) is 13.4. The Morgan fingerprint density at radius 1 is 1.06 bits per heavy atom. The average Bonchev–Trinajstić information content (AvgIpc) is 2.09. The fraction of sp³-hybridized carbons (Fsp3) is 0.400. The molecule has 17 heavy (non-hydrogen) atoms. The van der Waals surface area contributed by atoms with Crippen LogP contribution in [0.1, 0.15) is 11.1 Å². The van der Waals surface area contributed by atoms with E-state index < -0.39 is 18.0 Å². The summed E-state index contributed by atoms with van der Waals surface area (Å²) in [6, 6.07) is 2.64. The van der Waals surface area contributed by atoms with Crippen molar-refractivity contribution in [3.8, 4) is 5.75 Å². The second kappa shape index (κ2) is 4.33. The van der Waals surface area contributed by atoms with Gasteiger partial charge in [0.05, 0.1) is 5.02 Å². The molecule has 0 aliphatic rings. The minimum absolute atomic E-state index is 0.110. The summed E-state index contributed by atoms with van der Waals surface area (Å²) in [5.41, 5.74) is 0.745. The van der Waals surface area contributed by atoms with E-state index in [9.17, 15) is 22.0 Å². The van der Waals surface area contributed by atoms with Gasteiger partial charge in [0, 0.05) is 0 Å². The van der Waals surface area contributed by atoms with Crippen LogP contribution in [-0.4, -0.2) is 12.3 Å². The molecule has 0 atom stereocenters. The van der Waals surface area contributed by atoms with Crippen LogP contribution in [0.2, 0.25) is 5.02 Å². The molecule has 1 aromatic carbocycles. The predicted octanol–water partition coefficient (Wildman–Crippen LogP) is 4.49. The monoisotopic (exact) mass is 274 g/mol. The summed E-state index contributed by atoms with van der Waals surface area (Å²) in [7, 11) is 0. The molecule has 0 bridgehead atoms. The van der Waals surface area contributed by atoms with Crippen molar-refractivity contribution in [3.05, 3.63) is 28.3 Å². The molecule has 96 valence electrons. The van der Waals surface area contributed by atoms with Gasteiger partial charge in [-0.15, -0.1) is 0 Å². The van der Waals surface area contributed by atoms with Crippen LogP contribution >= 0.6 is 11.6 Å². The molecule has 1 rings (SSSR count). The van der Waals surface area contributed by atoms with Gasteiger partial charge in [-0.3, -0.25) is 0 Å². The average molecular weight is 275 g/mol. The molecule has 0 saturated heterocycles. The number of benzene rings is 1. The van der Waals surface area contributed by atoms with E-state index in [2.05, 4.69) is 4.74 Å². The van der Waals surface area contributed by atoms with Gasteiger partial charge < -0.3 is 4.74 Å². The van der Waals surface area contributed by atoms with E-state index in [1.165, 1.54) is 19.1 Å². The summed E-state index contributed by atoms with van der Waals surface area (Å²) >= 11 is 5.57. The highest BCUT2D eigenvalue weighted by atomic mass is 35.5. The van der Waals surface area contributed by atoms with Crippen LogP contribution in [-0.2, 0) is 0 Å². The van der Waals surface area contributed by atoms with Gasteiger partial charge in [0.1, 0.15) is 5.75 Å². The fourth-order valence-corrected chi connectivity index (χ4v) is 1.58.